The molecule has 0 saturated carbocycles. The predicted octanol–water partition coefficient (Wildman–Crippen LogP) is 5.88. The number of hydrogen-bond acceptors (Lipinski definition) is 7. The molecule has 1 fully saturated rings. The summed E-state index contributed by atoms with van der Waals surface area (Å²) in [4.78, 5) is 16.3. The molecule has 6 rings (SSSR count). The lowest BCUT2D eigenvalue weighted by molar-refractivity contribution is 0.286. The summed E-state index contributed by atoms with van der Waals surface area (Å²) in [5.41, 5.74) is 17.6. The van der Waals surface area contributed by atoms with Gasteiger partial charge in [-0.3, -0.25) is 9.97 Å². The van der Waals surface area contributed by atoms with Gasteiger partial charge in [-0.25, -0.2) is 4.98 Å². The summed E-state index contributed by atoms with van der Waals surface area (Å²) in [6.07, 6.45) is 14.2. The Balaban J connectivity index is 1.20. The molecule has 0 unspecified atom stereocenters. The van der Waals surface area contributed by atoms with Gasteiger partial charge in [-0.1, -0.05) is 54.6 Å². The molecule has 4 heterocycles. The van der Waals surface area contributed by atoms with Gasteiger partial charge in [0.05, 0.1) is 17.4 Å². The summed E-state index contributed by atoms with van der Waals surface area (Å²) < 4.78 is 6.01. The molecule has 5 aromatic rings. The predicted molar refractivity (Wildman–Crippen MR) is 168 cm³/mol. The summed E-state index contributed by atoms with van der Waals surface area (Å²) in [7, 11) is 0. The SMILES string of the molecule is Nc1nc(-c2cncc(OC[C@@H](N)Cc3ccccc3)c2)cc2c1cnc1cc(C=CCCN3CCCC3)ccc12. The van der Waals surface area contributed by atoms with Gasteiger partial charge >= 0.3 is 0 Å². The van der Waals surface area contributed by atoms with Crippen LogP contribution in [-0.4, -0.2) is 52.1 Å². The first-order valence-electron chi connectivity index (χ1n) is 14.4. The van der Waals surface area contributed by atoms with Crippen molar-refractivity contribution in [2.24, 2.45) is 5.73 Å². The Bertz CT molecular complexity index is 1660. The number of nitrogen functional groups attached to an aromatic ring is 1. The molecule has 7 heteroatoms. The molecule has 1 atom stereocenters. The van der Waals surface area contributed by atoms with Crippen molar-refractivity contribution in [2.75, 3.05) is 32.0 Å². The smallest absolute Gasteiger partial charge is 0.138 e. The van der Waals surface area contributed by atoms with E-state index in [1.165, 1.54) is 31.5 Å². The van der Waals surface area contributed by atoms with Crippen LogP contribution in [0, 0.1) is 0 Å². The fourth-order valence-corrected chi connectivity index (χ4v) is 5.50. The number of rotatable bonds is 10. The average molecular weight is 545 g/mol. The van der Waals surface area contributed by atoms with E-state index in [0.29, 0.717) is 18.2 Å². The zero-order chi connectivity index (χ0) is 28.0. The Morgan fingerprint density at radius 2 is 1.78 bits per heavy atom. The van der Waals surface area contributed by atoms with Crippen LogP contribution in [0.25, 0.3) is 39.0 Å². The molecule has 0 radical (unpaired) electrons. The molecule has 4 N–H and O–H groups in total. The lowest BCUT2D eigenvalue weighted by Gasteiger charge is -2.14. The first-order valence-corrected chi connectivity index (χ1v) is 14.4. The maximum atomic E-state index is 6.42. The van der Waals surface area contributed by atoms with Crippen LogP contribution >= 0.6 is 0 Å². The molecular weight excluding hydrogens is 508 g/mol. The molecule has 208 valence electrons. The van der Waals surface area contributed by atoms with E-state index in [9.17, 15) is 0 Å². The van der Waals surface area contributed by atoms with E-state index < -0.39 is 0 Å². The number of hydrogen-bond donors (Lipinski definition) is 2. The highest BCUT2D eigenvalue weighted by molar-refractivity contribution is 6.10. The van der Waals surface area contributed by atoms with Gasteiger partial charge in [0.2, 0.25) is 0 Å². The van der Waals surface area contributed by atoms with E-state index in [0.717, 1.165) is 57.9 Å². The largest absolute Gasteiger partial charge is 0.490 e. The highest BCUT2D eigenvalue weighted by Gasteiger charge is 2.12. The minimum Gasteiger partial charge on any atom is -0.490 e. The van der Waals surface area contributed by atoms with E-state index >= 15 is 0 Å². The number of likely N-dealkylation sites (tertiary alicyclic amines) is 1. The van der Waals surface area contributed by atoms with Crippen molar-refractivity contribution in [3.63, 3.8) is 0 Å². The van der Waals surface area contributed by atoms with Crippen molar-refractivity contribution in [1.29, 1.82) is 0 Å². The normalized spacial score (nSPS) is 14.8. The van der Waals surface area contributed by atoms with Crippen molar-refractivity contribution in [3.05, 3.63) is 96.5 Å². The average Bonchev–Trinajstić information content (AvgIpc) is 3.52. The molecule has 3 aromatic heterocycles. The maximum Gasteiger partial charge on any atom is 0.138 e. The number of ether oxygens (including phenoxy) is 1. The Labute approximate surface area is 240 Å². The standard InChI is InChI=1S/C34H36N6O/c35-27(16-24-8-2-1-3-9-24)23-41-28-18-26(20-37-21-28)32-19-30-29-12-11-25(10-4-5-13-40-14-6-7-15-40)17-33(29)38-22-31(30)34(36)39-32/h1-4,8-12,17-22,27H,5-7,13-16,23,35H2,(H2,36,39)/t27-/m0/s1. The Morgan fingerprint density at radius 1 is 0.927 bits per heavy atom. The molecule has 7 nitrogen and oxygen atoms in total. The van der Waals surface area contributed by atoms with Crippen LogP contribution in [0.2, 0.25) is 0 Å². The van der Waals surface area contributed by atoms with Gasteiger partial charge in [0.25, 0.3) is 0 Å². The van der Waals surface area contributed by atoms with Crippen molar-refractivity contribution in [3.8, 4) is 17.0 Å². The van der Waals surface area contributed by atoms with Crippen LogP contribution in [0.1, 0.15) is 30.4 Å². The molecule has 0 aliphatic carbocycles. The zero-order valence-electron chi connectivity index (χ0n) is 23.2. The molecule has 2 aromatic carbocycles. The van der Waals surface area contributed by atoms with Crippen molar-refractivity contribution >= 4 is 33.6 Å². The fraction of sp³-hybridized carbons (Fsp3) is 0.265. The highest BCUT2D eigenvalue weighted by Crippen LogP contribution is 2.32. The topological polar surface area (TPSA) is 103 Å². The number of nitrogens with two attached hydrogens (primary N) is 2. The second-order valence-electron chi connectivity index (χ2n) is 10.8. The van der Waals surface area contributed by atoms with Gasteiger partial charge in [-0.05, 0) is 73.5 Å². The Kier molecular flexibility index (Phi) is 8.16. The molecule has 41 heavy (non-hydrogen) atoms. The lowest BCUT2D eigenvalue weighted by atomic mass is 10.0. The van der Waals surface area contributed by atoms with Gasteiger partial charge in [0, 0.05) is 41.3 Å². The second-order valence-corrected chi connectivity index (χ2v) is 10.8. The molecule has 1 aliphatic rings. The van der Waals surface area contributed by atoms with Gasteiger partial charge in [-0.2, -0.15) is 0 Å². The molecule has 0 amide bonds. The third-order valence-corrected chi connectivity index (χ3v) is 7.67. The molecular formula is C34H36N6O. The van der Waals surface area contributed by atoms with E-state index in [1.807, 2.05) is 30.5 Å². The maximum absolute atomic E-state index is 6.42. The van der Waals surface area contributed by atoms with Crippen LogP contribution in [0.3, 0.4) is 0 Å². The number of aromatic nitrogens is 3. The monoisotopic (exact) mass is 544 g/mol. The Morgan fingerprint density at radius 3 is 2.63 bits per heavy atom. The van der Waals surface area contributed by atoms with Crippen molar-refractivity contribution in [2.45, 2.75) is 31.7 Å². The molecule has 1 aliphatic heterocycles. The van der Waals surface area contributed by atoms with Crippen molar-refractivity contribution in [1.82, 2.24) is 19.9 Å². The van der Waals surface area contributed by atoms with Crippen molar-refractivity contribution < 1.29 is 4.74 Å². The van der Waals surface area contributed by atoms with Crippen LogP contribution in [-0.2, 0) is 6.42 Å². The highest BCUT2D eigenvalue weighted by atomic mass is 16.5. The summed E-state index contributed by atoms with van der Waals surface area (Å²) in [5.74, 6) is 1.08. The lowest BCUT2D eigenvalue weighted by Crippen LogP contribution is -2.30. The number of nitrogens with zero attached hydrogens (tertiary/aromatic N) is 4. The molecule has 1 saturated heterocycles. The molecule has 0 spiro atoms. The van der Waals surface area contributed by atoms with Crippen LogP contribution in [0.15, 0.2) is 85.3 Å². The second kappa shape index (κ2) is 12.5. The van der Waals surface area contributed by atoms with Crippen LogP contribution in [0.5, 0.6) is 5.75 Å². The van der Waals surface area contributed by atoms with E-state index in [1.54, 1.807) is 12.4 Å². The summed E-state index contributed by atoms with van der Waals surface area (Å²) >= 11 is 0. The number of fused-ring (bicyclic) bond motifs is 3. The minimum atomic E-state index is -0.126. The quantitative estimate of drug-likeness (QED) is 0.212. The first kappa shape index (κ1) is 26.9. The Hall–Kier alpha value is -4.33. The summed E-state index contributed by atoms with van der Waals surface area (Å²) in [5, 5.41) is 2.89. The summed E-state index contributed by atoms with van der Waals surface area (Å²) in [6, 6.07) is 20.5. The number of anilines is 1. The number of pyridine rings is 3. The molecule has 0 bridgehead atoms. The fourth-order valence-electron chi connectivity index (χ4n) is 5.50. The first-order chi connectivity index (χ1) is 20.1. The van der Waals surface area contributed by atoms with E-state index in [-0.39, 0.29) is 6.04 Å². The van der Waals surface area contributed by atoms with Crippen LogP contribution < -0.4 is 16.2 Å². The van der Waals surface area contributed by atoms with Gasteiger partial charge in [-0.15, -0.1) is 0 Å². The van der Waals surface area contributed by atoms with Gasteiger partial charge in [0.1, 0.15) is 18.2 Å². The van der Waals surface area contributed by atoms with Crippen LogP contribution in [0.4, 0.5) is 5.82 Å². The van der Waals surface area contributed by atoms with E-state index in [2.05, 4.69) is 63.4 Å². The number of benzene rings is 2. The minimum absolute atomic E-state index is 0.126. The van der Waals surface area contributed by atoms with Gasteiger partial charge in [0.15, 0.2) is 0 Å². The van der Waals surface area contributed by atoms with E-state index in [4.69, 9.17) is 21.2 Å². The third kappa shape index (κ3) is 6.53. The third-order valence-electron chi connectivity index (χ3n) is 7.67. The summed E-state index contributed by atoms with van der Waals surface area (Å²) in [6.45, 7) is 3.98. The van der Waals surface area contributed by atoms with Gasteiger partial charge < -0.3 is 21.1 Å². The zero-order valence-corrected chi connectivity index (χ0v) is 23.2.